The van der Waals surface area contributed by atoms with E-state index in [2.05, 4.69) is 10.2 Å². The van der Waals surface area contributed by atoms with Crippen LogP contribution < -0.4 is 5.32 Å². The normalized spacial score (nSPS) is 27.8. The van der Waals surface area contributed by atoms with E-state index in [9.17, 15) is 18.6 Å². The van der Waals surface area contributed by atoms with Crippen LogP contribution in [0.5, 0.6) is 0 Å². The van der Waals surface area contributed by atoms with Crippen molar-refractivity contribution in [2.75, 3.05) is 25.4 Å². The first-order valence-electron chi connectivity index (χ1n) is 8.58. The molecule has 0 aromatic heterocycles. The Bertz CT molecular complexity index is 641. The molecule has 7 nitrogen and oxygen atoms in total. The number of hydrogen-bond acceptors (Lipinski definition) is 6. The summed E-state index contributed by atoms with van der Waals surface area (Å²) in [4.78, 5) is 2.30. The molecule has 0 saturated carbocycles. The lowest BCUT2D eigenvalue weighted by Gasteiger charge is -2.28. The third kappa shape index (κ3) is 4.18. The fraction of sp³-hybridized carbons (Fsp3) is 0.750. The molecule has 0 bridgehead atoms. The summed E-state index contributed by atoms with van der Waals surface area (Å²) in [5, 5.41) is 22.4. The van der Waals surface area contributed by atoms with E-state index in [1.54, 1.807) is 0 Å². The van der Waals surface area contributed by atoms with E-state index in [1.165, 1.54) is 16.8 Å². The molecule has 0 aromatic carbocycles. The Balaban J connectivity index is 1.56. The van der Waals surface area contributed by atoms with Crippen LogP contribution >= 0.6 is 0 Å². The van der Waals surface area contributed by atoms with Crippen molar-refractivity contribution < 1.29 is 23.2 Å². The van der Waals surface area contributed by atoms with Gasteiger partial charge in [-0.05, 0) is 49.8 Å². The first-order valence-corrected chi connectivity index (χ1v) is 10.2. The minimum Gasteiger partial charge on any atom is -0.380 e. The van der Waals surface area contributed by atoms with E-state index in [1.807, 2.05) is 6.08 Å². The molecule has 3 rings (SSSR count). The maximum Gasteiger partial charge on any atom is 0.264 e. The Morgan fingerprint density at radius 3 is 2.79 bits per heavy atom. The summed E-state index contributed by atoms with van der Waals surface area (Å²) in [5.41, 5.74) is 3.78. The van der Waals surface area contributed by atoms with Crippen molar-refractivity contribution in [2.24, 2.45) is 5.92 Å². The van der Waals surface area contributed by atoms with Crippen molar-refractivity contribution in [3.05, 3.63) is 22.9 Å². The lowest BCUT2D eigenvalue weighted by Crippen LogP contribution is -2.36. The summed E-state index contributed by atoms with van der Waals surface area (Å²) in [7, 11) is -3.86. The topological polar surface area (TPSA) is 110 Å². The minimum absolute atomic E-state index is 0.174. The molecule has 8 heteroatoms. The van der Waals surface area contributed by atoms with Gasteiger partial charge in [-0.1, -0.05) is 6.08 Å². The first kappa shape index (κ1) is 17.9. The van der Waals surface area contributed by atoms with Gasteiger partial charge < -0.3 is 15.5 Å². The predicted molar refractivity (Wildman–Crippen MR) is 89.7 cm³/mol. The zero-order valence-electron chi connectivity index (χ0n) is 13.7. The molecule has 0 spiro atoms. The highest BCUT2D eigenvalue weighted by Gasteiger charge is 2.36. The van der Waals surface area contributed by atoms with Crippen LogP contribution in [0.2, 0.25) is 0 Å². The van der Waals surface area contributed by atoms with Crippen LogP contribution in [-0.2, 0) is 10.1 Å². The summed E-state index contributed by atoms with van der Waals surface area (Å²) >= 11 is 0. The molecular formula is C16H26N2O5S. The molecule has 3 aliphatic rings. The molecule has 0 amide bonds. The van der Waals surface area contributed by atoms with Crippen molar-refractivity contribution in [1.29, 1.82) is 0 Å². The van der Waals surface area contributed by atoms with Gasteiger partial charge in [0.05, 0.1) is 11.8 Å². The van der Waals surface area contributed by atoms with E-state index >= 15 is 0 Å². The lowest BCUT2D eigenvalue weighted by atomic mass is 9.84. The second-order valence-electron chi connectivity index (χ2n) is 6.95. The third-order valence-electron chi connectivity index (χ3n) is 5.19. The van der Waals surface area contributed by atoms with Crippen LogP contribution in [0.3, 0.4) is 0 Å². The van der Waals surface area contributed by atoms with Gasteiger partial charge in [0.25, 0.3) is 10.1 Å². The number of rotatable bonds is 6. The highest BCUT2D eigenvalue weighted by molar-refractivity contribution is 7.85. The second-order valence-corrected chi connectivity index (χ2v) is 8.52. The maximum absolute atomic E-state index is 10.7. The highest BCUT2D eigenvalue weighted by atomic mass is 32.2. The van der Waals surface area contributed by atoms with Gasteiger partial charge in [-0.25, -0.2) is 0 Å². The number of hydrogen-bond donors (Lipinski definition) is 4. The van der Waals surface area contributed by atoms with E-state index < -0.39 is 16.4 Å². The number of aliphatic hydroxyl groups is 2. The van der Waals surface area contributed by atoms with E-state index in [4.69, 9.17) is 4.55 Å². The van der Waals surface area contributed by atoms with E-state index in [0.29, 0.717) is 12.5 Å². The van der Waals surface area contributed by atoms with Crippen molar-refractivity contribution in [3.63, 3.8) is 0 Å². The maximum atomic E-state index is 10.7. The largest absolute Gasteiger partial charge is 0.380 e. The van der Waals surface area contributed by atoms with Crippen LogP contribution in [0.15, 0.2) is 22.9 Å². The molecule has 136 valence electrons. The third-order valence-corrected chi connectivity index (χ3v) is 5.99. The van der Waals surface area contributed by atoms with Gasteiger partial charge >= 0.3 is 0 Å². The molecule has 1 aliphatic carbocycles. The molecule has 24 heavy (non-hydrogen) atoms. The monoisotopic (exact) mass is 358 g/mol. The Morgan fingerprint density at radius 1 is 1.29 bits per heavy atom. The van der Waals surface area contributed by atoms with Crippen molar-refractivity contribution >= 4 is 10.1 Å². The highest BCUT2D eigenvalue weighted by Crippen LogP contribution is 2.38. The summed E-state index contributed by atoms with van der Waals surface area (Å²) in [6, 6.07) is 0.296. The molecule has 2 aliphatic heterocycles. The average molecular weight is 358 g/mol. The summed E-state index contributed by atoms with van der Waals surface area (Å²) in [6.45, 7) is 2.56. The van der Waals surface area contributed by atoms with Crippen molar-refractivity contribution in [3.8, 4) is 0 Å². The van der Waals surface area contributed by atoms with Gasteiger partial charge in [0.1, 0.15) is 0 Å². The van der Waals surface area contributed by atoms with Crippen LogP contribution in [0.25, 0.3) is 0 Å². The summed E-state index contributed by atoms with van der Waals surface area (Å²) in [5.74, 6) is -0.351. The van der Waals surface area contributed by atoms with Crippen molar-refractivity contribution in [2.45, 2.75) is 44.4 Å². The zero-order chi connectivity index (χ0) is 17.3. The molecule has 0 radical (unpaired) electrons. The zero-order valence-corrected chi connectivity index (χ0v) is 14.5. The molecule has 2 heterocycles. The molecule has 2 unspecified atom stereocenters. The van der Waals surface area contributed by atoms with E-state index in [0.717, 1.165) is 45.3 Å². The van der Waals surface area contributed by atoms with Crippen LogP contribution in [0, 0.1) is 5.92 Å². The Kier molecular flexibility index (Phi) is 5.31. The van der Waals surface area contributed by atoms with Crippen LogP contribution in [0.4, 0.5) is 0 Å². The van der Waals surface area contributed by atoms with Crippen molar-refractivity contribution in [1.82, 2.24) is 10.2 Å². The average Bonchev–Trinajstić information content (AvgIpc) is 2.87. The fourth-order valence-corrected chi connectivity index (χ4v) is 4.50. The first-order chi connectivity index (χ1) is 11.3. The van der Waals surface area contributed by atoms with Crippen LogP contribution in [0.1, 0.15) is 32.1 Å². The molecule has 4 N–H and O–H groups in total. The molecule has 0 aromatic rings. The lowest BCUT2D eigenvalue weighted by molar-refractivity contribution is -0.0737. The second kappa shape index (κ2) is 7.13. The standard InChI is InChI=1S/C16H26N2O5S/c19-16(20)11-3-4-14-13(9-11)12-5-7-18(10-15(12)17-14)6-1-2-8-24(21,22)23/h9,11,14,16-17,19-20H,1-8,10H2,(H,21,22,23). The van der Waals surface area contributed by atoms with Gasteiger partial charge in [-0.2, -0.15) is 8.42 Å². The summed E-state index contributed by atoms with van der Waals surface area (Å²) in [6.07, 6.45) is 4.57. The number of nitrogens with zero attached hydrogens (tertiary/aromatic N) is 1. The van der Waals surface area contributed by atoms with Gasteiger partial charge in [0.15, 0.2) is 6.29 Å². The molecule has 0 fully saturated rings. The quantitative estimate of drug-likeness (QED) is 0.306. The summed E-state index contributed by atoms with van der Waals surface area (Å²) < 4.78 is 30.2. The van der Waals surface area contributed by atoms with Gasteiger partial charge in [0, 0.05) is 24.7 Å². The minimum atomic E-state index is -3.86. The molecule has 2 atom stereocenters. The Morgan fingerprint density at radius 2 is 2.08 bits per heavy atom. The van der Waals surface area contributed by atoms with E-state index in [-0.39, 0.29) is 11.7 Å². The SMILES string of the molecule is O=S(=O)(O)CCCCN1CCC2=C(C1)NC1CCC(C(O)O)C=C21. The Hall–Kier alpha value is -0.930. The predicted octanol–water partition coefficient (Wildman–Crippen LogP) is 0.233. The fourth-order valence-electron chi connectivity index (χ4n) is 3.93. The number of nitrogens with one attached hydrogen (secondary N) is 1. The molecule has 0 saturated heterocycles. The van der Waals surface area contributed by atoms with Gasteiger partial charge in [-0.3, -0.25) is 9.45 Å². The number of aliphatic hydroxyl groups excluding tert-OH is 1. The molecular weight excluding hydrogens is 332 g/mol. The number of unbranched alkanes of at least 4 members (excludes halogenated alkanes) is 1. The van der Waals surface area contributed by atoms with Gasteiger partial charge in [0.2, 0.25) is 0 Å². The Labute approximate surface area is 142 Å². The van der Waals surface area contributed by atoms with Crippen LogP contribution in [-0.4, -0.2) is 65.8 Å². The van der Waals surface area contributed by atoms with Gasteiger partial charge in [-0.15, -0.1) is 0 Å². The smallest absolute Gasteiger partial charge is 0.264 e. The number of fused-ring (bicyclic) bond motifs is 2.